The molecule has 1 aliphatic rings. The van der Waals surface area contributed by atoms with E-state index >= 15 is 0 Å². The van der Waals surface area contributed by atoms with Crippen molar-refractivity contribution in [3.8, 4) is 0 Å². The van der Waals surface area contributed by atoms with Crippen LogP contribution in [0.3, 0.4) is 0 Å². The molecule has 0 aliphatic heterocycles. The van der Waals surface area contributed by atoms with Crippen LogP contribution in [0.1, 0.15) is 44.6 Å². The minimum atomic E-state index is -3.42. The van der Waals surface area contributed by atoms with Gasteiger partial charge in [-0.2, -0.15) is 0 Å². The van der Waals surface area contributed by atoms with E-state index in [9.17, 15) is 13.2 Å². The van der Waals surface area contributed by atoms with Crippen LogP contribution in [0.5, 0.6) is 0 Å². The lowest BCUT2D eigenvalue weighted by Crippen LogP contribution is -2.28. The molecule has 1 aliphatic carbocycles. The predicted molar refractivity (Wildman–Crippen MR) is 87.1 cm³/mol. The number of hydrogen-bond acceptors (Lipinski definition) is 5. The lowest BCUT2D eigenvalue weighted by molar-refractivity contribution is 0.0216. The quantitative estimate of drug-likeness (QED) is 0.618. The van der Waals surface area contributed by atoms with Crippen molar-refractivity contribution in [2.24, 2.45) is 0 Å². The minimum absolute atomic E-state index is 0.247. The summed E-state index contributed by atoms with van der Waals surface area (Å²) < 4.78 is 35.7. The zero-order valence-corrected chi connectivity index (χ0v) is 14.5. The van der Waals surface area contributed by atoms with E-state index in [4.69, 9.17) is 9.47 Å². The van der Waals surface area contributed by atoms with E-state index in [1.54, 1.807) is 31.2 Å². The van der Waals surface area contributed by atoms with Gasteiger partial charge in [-0.1, -0.05) is 24.1 Å². The van der Waals surface area contributed by atoms with Gasteiger partial charge in [0.2, 0.25) is 0 Å². The summed E-state index contributed by atoms with van der Waals surface area (Å²) >= 11 is 0. The Kier molecular flexibility index (Phi) is 6.04. The highest BCUT2D eigenvalue weighted by molar-refractivity contribution is 7.92. The molecule has 0 bridgehead atoms. The van der Waals surface area contributed by atoms with Crippen molar-refractivity contribution in [2.45, 2.75) is 62.2 Å². The van der Waals surface area contributed by atoms with Gasteiger partial charge in [-0.25, -0.2) is 13.2 Å². The molecular weight excluding hydrogens is 316 g/mol. The first-order chi connectivity index (χ1) is 10.9. The molecule has 2 rings (SSSR count). The fourth-order valence-electron chi connectivity index (χ4n) is 2.87. The van der Waals surface area contributed by atoms with Crippen LogP contribution in [0.15, 0.2) is 29.2 Å². The molecule has 0 spiro atoms. The maximum atomic E-state index is 12.8. The molecule has 5 nitrogen and oxygen atoms in total. The van der Waals surface area contributed by atoms with Gasteiger partial charge in [0.1, 0.15) is 6.10 Å². The van der Waals surface area contributed by atoms with E-state index in [1.807, 2.05) is 6.92 Å². The second-order valence-electron chi connectivity index (χ2n) is 5.92. The molecular formula is C17H24O5S. The second-order valence-corrected chi connectivity index (χ2v) is 8.15. The van der Waals surface area contributed by atoms with Gasteiger partial charge in [-0.3, -0.25) is 0 Å². The van der Waals surface area contributed by atoms with Gasteiger partial charge in [0, 0.05) is 6.42 Å². The normalized spacial score (nSPS) is 22.2. The van der Waals surface area contributed by atoms with Crippen molar-refractivity contribution < 1.29 is 22.7 Å². The minimum Gasteiger partial charge on any atom is -0.435 e. The highest BCUT2D eigenvalue weighted by Gasteiger charge is 2.33. The number of rotatable bonds is 4. The van der Waals surface area contributed by atoms with E-state index in [2.05, 4.69) is 0 Å². The molecule has 1 saturated carbocycles. The number of hydrogen-bond donors (Lipinski definition) is 0. The predicted octanol–water partition coefficient (Wildman–Crippen LogP) is 3.64. The van der Waals surface area contributed by atoms with Crippen LogP contribution in [0.4, 0.5) is 4.79 Å². The molecule has 0 saturated heterocycles. The summed E-state index contributed by atoms with van der Waals surface area (Å²) in [7, 11) is -3.42. The number of sulfone groups is 1. The van der Waals surface area contributed by atoms with Crippen LogP contribution < -0.4 is 0 Å². The van der Waals surface area contributed by atoms with Gasteiger partial charge in [0.25, 0.3) is 0 Å². The Morgan fingerprint density at radius 2 is 1.83 bits per heavy atom. The van der Waals surface area contributed by atoms with Gasteiger partial charge in [-0.15, -0.1) is 0 Å². The molecule has 128 valence electrons. The third-order valence-electron chi connectivity index (χ3n) is 4.14. The topological polar surface area (TPSA) is 69.7 Å². The van der Waals surface area contributed by atoms with Crippen LogP contribution in [-0.2, 0) is 19.3 Å². The van der Waals surface area contributed by atoms with E-state index in [-0.39, 0.29) is 6.61 Å². The van der Waals surface area contributed by atoms with Crippen molar-refractivity contribution in [1.29, 1.82) is 0 Å². The number of aryl methyl sites for hydroxylation is 1. The van der Waals surface area contributed by atoms with Crippen LogP contribution in [0.25, 0.3) is 0 Å². The Labute approximate surface area is 137 Å². The fraction of sp³-hybridized carbons (Fsp3) is 0.588. The first kappa shape index (κ1) is 17.8. The van der Waals surface area contributed by atoms with Gasteiger partial charge in [0.15, 0.2) is 9.84 Å². The zero-order chi connectivity index (χ0) is 16.9. The number of ether oxygens (including phenoxy) is 2. The first-order valence-corrected chi connectivity index (χ1v) is 9.62. The molecule has 6 heteroatoms. The van der Waals surface area contributed by atoms with E-state index in [1.165, 1.54) is 0 Å². The van der Waals surface area contributed by atoms with Gasteiger partial charge >= 0.3 is 6.16 Å². The van der Waals surface area contributed by atoms with Gasteiger partial charge in [0.05, 0.1) is 16.8 Å². The van der Waals surface area contributed by atoms with Crippen molar-refractivity contribution in [1.82, 2.24) is 0 Å². The van der Waals surface area contributed by atoms with E-state index in [0.717, 1.165) is 18.4 Å². The summed E-state index contributed by atoms with van der Waals surface area (Å²) in [6, 6.07) is 6.90. The highest BCUT2D eigenvalue weighted by atomic mass is 32.2. The standard InChI is InChI=1S/C17H24O5S/c1-3-21-17(18)22-14-6-4-5-7-16(12-14)23(19,20)15-10-8-13(2)9-11-15/h8-11,14,16H,3-7,12H2,1-2H3/t14-,16-/m1/s1. The smallest absolute Gasteiger partial charge is 0.435 e. The third-order valence-corrected chi connectivity index (χ3v) is 6.38. The van der Waals surface area contributed by atoms with Crippen molar-refractivity contribution >= 4 is 16.0 Å². The summed E-state index contributed by atoms with van der Waals surface area (Å²) in [5, 5.41) is -0.521. The monoisotopic (exact) mass is 340 g/mol. The second kappa shape index (κ2) is 7.81. The molecule has 1 fully saturated rings. The summed E-state index contributed by atoms with van der Waals surface area (Å²) in [6.45, 7) is 3.88. The molecule has 0 aromatic heterocycles. The molecule has 2 atom stereocenters. The van der Waals surface area contributed by atoms with Crippen LogP contribution in [0.2, 0.25) is 0 Å². The molecule has 0 unspecified atom stereocenters. The largest absolute Gasteiger partial charge is 0.508 e. The maximum Gasteiger partial charge on any atom is 0.508 e. The summed E-state index contributed by atoms with van der Waals surface area (Å²) in [5.74, 6) is 0. The Morgan fingerprint density at radius 3 is 2.48 bits per heavy atom. The fourth-order valence-corrected chi connectivity index (χ4v) is 4.72. The molecule has 0 amide bonds. The number of carbonyl (C=O) groups excluding carboxylic acids is 1. The van der Waals surface area contributed by atoms with Crippen LogP contribution in [0, 0.1) is 6.92 Å². The Morgan fingerprint density at radius 1 is 1.17 bits per heavy atom. The highest BCUT2D eigenvalue weighted by Crippen LogP contribution is 2.29. The number of benzene rings is 1. The van der Waals surface area contributed by atoms with Crippen molar-refractivity contribution in [2.75, 3.05) is 6.61 Å². The third kappa shape index (κ3) is 4.70. The molecule has 1 aromatic rings. The Balaban J connectivity index is 2.13. The van der Waals surface area contributed by atoms with Gasteiger partial charge in [-0.05, 0) is 45.2 Å². The average Bonchev–Trinajstić information content (AvgIpc) is 2.74. The SMILES string of the molecule is CCOC(=O)O[C@@H]1CCCC[C@@H](S(=O)(=O)c2ccc(C)cc2)C1. The summed E-state index contributed by atoms with van der Waals surface area (Å²) in [6.07, 6.45) is 2.15. The maximum absolute atomic E-state index is 12.8. The molecule has 0 heterocycles. The summed E-state index contributed by atoms with van der Waals surface area (Å²) in [4.78, 5) is 11.8. The molecule has 1 aromatic carbocycles. The van der Waals surface area contributed by atoms with Crippen molar-refractivity contribution in [3.63, 3.8) is 0 Å². The van der Waals surface area contributed by atoms with Crippen molar-refractivity contribution in [3.05, 3.63) is 29.8 Å². The Bertz CT molecular complexity index is 621. The number of carbonyl (C=O) groups is 1. The van der Waals surface area contributed by atoms with Gasteiger partial charge < -0.3 is 9.47 Å². The summed E-state index contributed by atoms with van der Waals surface area (Å²) in [5.41, 5.74) is 1.02. The molecule has 23 heavy (non-hydrogen) atoms. The molecule has 0 N–H and O–H groups in total. The Hall–Kier alpha value is -1.56. The zero-order valence-electron chi connectivity index (χ0n) is 13.7. The molecule has 0 radical (unpaired) electrons. The first-order valence-electron chi connectivity index (χ1n) is 8.07. The van der Waals surface area contributed by atoms with Crippen LogP contribution >= 0.6 is 0 Å². The van der Waals surface area contributed by atoms with E-state index in [0.29, 0.717) is 24.2 Å². The average molecular weight is 340 g/mol. The van der Waals surface area contributed by atoms with Crippen LogP contribution in [-0.4, -0.2) is 32.5 Å². The lowest BCUT2D eigenvalue weighted by atomic mass is 10.1. The lowest BCUT2D eigenvalue weighted by Gasteiger charge is -2.20. The van der Waals surface area contributed by atoms with E-state index < -0.39 is 27.3 Å².